The number of esters is 1. The molecule has 0 saturated carbocycles. The van der Waals surface area contributed by atoms with Crippen LogP contribution in [0, 0.1) is 5.82 Å². The van der Waals surface area contributed by atoms with Crippen LogP contribution in [0.25, 0.3) is 0 Å². The number of ether oxygens (including phenoxy) is 1. The Morgan fingerprint density at radius 2 is 2.06 bits per heavy atom. The standard InChI is InChI=1S/C13H16FNO3/c1-8(2)9-4-5-11(14)10(6-9)13(17)15-7-12(16)18-3/h4-6,8H,7H2,1-3H3,(H,15,17). The Kier molecular flexibility index (Phi) is 4.83. The molecule has 18 heavy (non-hydrogen) atoms. The van der Waals surface area contributed by atoms with Gasteiger partial charge in [-0.05, 0) is 23.6 Å². The van der Waals surface area contributed by atoms with Crippen LogP contribution in [0.5, 0.6) is 0 Å². The van der Waals surface area contributed by atoms with Crippen LogP contribution in [0.1, 0.15) is 35.7 Å². The highest BCUT2D eigenvalue weighted by molar-refractivity contribution is 5.96. The first-order valence-electron chi connectivity index (χ1n) is 5.60. The maximum Gasteiger partial charge on any atom is 0.325 e. The topological polar surface area (TPSA) is 55.4 Å². The molecule has 0 radical (unpaired) electrons. The molecule has 1 rings (SSSR count). The second kappa shape index (κ2) is 6.14. The Hall–Kier alpha value is -1.91. The lowest BCUT2D eigenvalue weighted by Crippen LogP contribution is -2.30. The van der Waals surface area contributed by atoms with Crippen molar-refractivity contribution in [2.75, 3.05) is 13.7 Å². The SMILES string of the molecule is COC(=O)CNC(=O)c1cc(C(C)C)ccc1F. The van der Waals surface area contributed by atoms with Crippen molar-refractivity contribution in [3.63, 3.8) is 0 Å². The molecule has 1 N–H and O–H groups in total. The molecule has 4 nitrogen and oxygen atoms in total. The molecule has 1 aromatic carbocycles. The summed E-state index contributed by atoms with van der Waals surface area (Å²) in [4.78, 5) is 22.6. The number of methoxy groups -OCH3 is 1. The number of nitrogens with one attached hydrogen (secondary N) is 1. The zero-order valence-corrected chi connectivity index (χ0v) is 10.6. The summed E-state index contributed by atoms with van der Waals surface area (Å²) in [5.74, 6) is -1.62. The lowest BCUT2D eigenvalue weighted by atomic mass is 10.0. The maximum absolute atomic E-state index is 13.5. The minimum atomic E-state index is -0.625. The highest BCUT2D eigenvalue weighted by Gasteiger charge is 2.14. The van der Waals surface area contributed by atoms with Crippen molar-refractivity contribution in [1.82, 2.24) is 5.32 Å². The molecule has 0 unspecified atom stereocenters. The van der Waals surface area contributed by atoms with Gasteiger partial charge in [0.25, 0.3) is 5.91 Å². The van der Waals surface area contributed by atoms with Crippen molar-refractivity contribution in [3.8, 4) is 0 Å². The predicted molar refractivity (Wildman–Crippen MR) is 64.8 cm³/mol. The lowest BCUT2D eigenvalue weighted by molar-refractivity contribution is -0.139. The van der Waals surface area contributed by atoms with Gasteiger partial charge in [-0.1, -0.05) is 19.9 Å². The molecule has 0 aromatic heterocycles. The van der Waals surface area contributed by atoms with Crippen LogP contribution in [0.2, 0.25) is 0 Å². The smallest absolute Gasteiger partial charge is 0.325 e. The van der Waals surface area contributed by atoms with Gasteiger partial charge in [0.05, 0.1) is 12.7 Å². The van der Waals surface area contributed by atoms with Crippen molar-refractivity contribution in [2.24, 2.45) is 0 Å². The molecule has 1 amide bonds. The third-order valence-corrected chi connectivity index (χ3v) is 2.52. The molecule has 0 bridgehead atoms. The molecule has 98 valence electrons. The molecule has 5 heteroatoms. The predicted octanol–water partition coefficient (Wildman–Crippen LogP) is 1.85. The van der Waals surface area contributed by atoms with Crippen molar-refractivity contribution in [3.05, 3.63) is 35.1 Å². The van der Waals surface area contributed by atoms with E-state index in [9.17, 15) is 14.0 Å². The number of rotatable bonds is 4. The lowest BCUT2D eigenvalue weighted by Gasteiger charge is -2.09. The molecule has 0 aliphatic rings. The second-order valence-electron chi connectivity index (χ2n) is 4.15. The summed E-state index contributed by atoms with van der Waals surface area (Å²) in [5, 5.41) is 2.30. The van der Waals surface area contributed by atoms with E-state index in [1.165, 1.54) is 19.2 Å². The summed E-state index contributed by atoms with van der Waals surface area (Å²) < 4.78 is 17.9. The minimum absolute atomic E-state index is 0.0647. The van der Waals surface area contributed by atoms with Crippen LogP contribution in [0.3, 0.4) is 0 Å². The molecule has 0 heterocycles. The zero-order chi connectivity index (χ0) is 13.7. The van der Waals surface area contributed by atoms with Gasteiger partial charge in [-0.2, -0.15) is 0 Å². The number of carbonyl (C=O) groups is 2. The van der Waals surface area contributed by atoms with Crippen LogP contribution >= 0.6 is 0 Å². The Morgan fingerprint density at radius 3 is 2.61 bits per heavy atom. The fourth-order valence-electron chi connectivity index (χ4n) is 1.40. The van der Waals surface area contributed by atoms with Crippen LogP contribution in [0.15, 0.2) is 18.2 Å². The van der Waals surface area contributed by atoms with Crippen molar-refractivity contribution < 1.29 is 18.7 Å². The van der Waals surface area contributed by atoms with Crippen LogP contribution in [-0.2, 0) is 9.53 Å². The number of hydrogen-bond acceptors (Lipinski definition) is 3. The molecule has 0 atom stereocenters. The zero-order valence-electron chi connectivity index (χ0n) is 10.6. The Bertz CT molecular complexity index is 458. The fraction of sp³-hybridized carbons (Fsp3) is 0.385. The molecular formula is C13H16FNO3. The first-order valence-corrected chi connectivity index (χ1v) is 5.60. The van der Waals surface area contributed by atoms with Gasteiger partial charge in [-0.15, -0.1) is 0 Å². The van der Waals surface area contributed by atoms with Gasteiger partial charge in [0.1, 0.15) is 12.4 Å². The van der Waals surface area contributed by atoms with Gasteiger partial charge in [-0.25, -0.2) is 4.39 Å². The van der Waals surface area contributed by atoms with E-state index < -0.39 is 17.7 Å². The van der Waals surface area contributed by atoms with E-state index in [0.717, 1.165) is 5.56 Å². The molecule has 1 aromatic rings. The van der Waals surface area contributed by atoms with Gasteiger partial charge in [-0.3, -0.25) is 9.59 Å². The van der Waals surface area contributed by atoms with Crippen LogP contribution in [-0.4, -0.2) is 25.5 Å². The average molecular weight is 253 g/mol. The van der Waals surface area contributed by atoms with E-state index in [0.29, 0.717) is 0 Å². The fourth-order valence-corrected chi connectivity index (χ4v) is 1.40. The normalized spacial score (nSPS) is 10.3. The van der Waals surface area contributed by atoms with Gasteiger partial charge in [0, 0.05) is 0 Å². The van der Waals surface area contributed by atoms with Gasteiger partial charge >= 0.3 is 5.97 Å². The quantitative estimate of drug-likeness (QED) is 0.833. The summed E-state index contributed by atoms with van der Waals surface area (Å²) in [6.07, 6.45) is 0. The molecule has 0 fully saturated rings. The van der Waals surface area contributed by atoms with Gasteiger partial charge in [0.15, 0.2) is 0 Å². The van der Waals surface area contributed by atoms with Crippen molar-refractivity contribution in [2.45, 2.75) is 19.8 Å². The van der Waals surface area contributed by atoms with Crippen molar-refractivity contribution >= 4 is 11.9 Å². The van der Waals surface area contributed by atoms with Crippen LogP contribution in [0.4, 0.5) is 4.39 Å². The molecule has 0 aliphatic carbocycles. The second-order valence-corrected chi connectivity index (χ2v) is 4.15. The van der Waals surface area contributed by atoms with E-state index in [-0.39, 0.29) is 18.0 Å². The molecular weight excluding hydrogens is 237 g/mol. The van der Waals surface area contributed by atoms with Gasteiger partial charge < -0.3 is 10.1 Å². The third-order valence-electron chi connectivity index (χ3n) is 2.52. The van der Waals surface area contributed by atoms with E-state index in [4.69, 9.17) is 0 Å². The molecule has 0 spiro atoms. The number of benzene rings is 1. The number of amides is 1. The number of hydrogen-bond donors (Lipinski definition) is 1. The van der Waals surface area contributed by atoms with E-state index in [1.54, 1.807) is 6.07 Å². The number of carbonyl (C=O) groups excluding carboxylic acids is 2. The molecule has 0 saturated heterocycles. The van der Waals surface area contributed by atoms with E-state index in [1.807, 2.05) is 13.8 Å². The van der Waals surface area contributed by atoms with Gasteiger partial charge in [0.2, 0.25) is 0 Å². The molecule has 0 aliphatic heterocycles. The first kappa shape index (κ1) is 14.2. The Balaban J connectivity index is 2.84. The highest BCUT2D eigenvalue weighted by atomic mass is 19.1. The largest absolute Gasteiger partial charge is 0.468 e. The van der Waals surface area contributed by atoms with E-state index >= 15 is 0 Å². The Labute approximate surface area is 105 Å². The summed E-state index contributed by atoms with van der Waals surface area (Å²) in [6.45, 7) is 3.62. The van der Waals surface area contributed by atoms with E-state index in [2.05, 4.69) is 10.1 Å². The Morgan fingerprint density at radius 1 is 1.39 bits per heavy atom. The minimum Gasteiger partial charge on any atom is -0.468 e. The summed E-state index contributed by atoms with van der Waals surface area (Å²) in [7, 11) is 1.22. The highest BCUT2D eigenvalue weighted by Crippen LogP contribution is 2.18. The van der Waals surface area contributed by atoms with Crippen LogP contribution < -0.4 is 5.32 Å². The first-order chi connectivity index (χ1) is 8.45. The van der Waals surface area contributed by atoms with Crippen molar-refractivity contribution in [1.29, 1.82) is 0 Å². The number of halogens is 1. The summed E-state index contributed by atoms with van der Waals surface area (Å²) in [5.41, 5.74) is 0.796. The summed E-state index contributed by atoms with van der Waals surface area (Å²) in [6, 6.07) is 4.38. The maximum atomic E-state index is 13.5. The monoisotopic (exact) mass is 253 g/mol. The third kappa shape index (κ3) is 3.55. The average Bonchev–Trinajstić information content (AvgIpc) is 2.35. The summed E-state index contributed by atoms with van der Waals surface area (Å²) >= 11 is 0.